The van der Waals surface area contributed by atoms with Crippen LogP contribution in [0.25, 0.3) is 10.8 Å². The summed E-state index contributed by atoms with van der Waals surface area (Å²) in [6.45, 7) is 42.9. The molecule has 0 amide bonds. The lowest BCUT2D eigenvalue weighted by Crippen LogP contribution is -2.43. The first kappa shape index (κ1) is 36.4. The van der Waals surface area contributed by atoms with E-state index in [1.54, 1.807) is 0 Å². The van der Waals surface area contributed by atoms with E-state index in [0.29, 0.717) is 33.2 Å². The fraction of sp³-hybridized carbons (Fsp3) is 0.650. The van der Waals surface area contributed by atoms with Crippen LogP contribution in [0.15, 0.2) is 24.3 Å². The number of rotatable bonds is 6. The third-order valence-corrected chi connectivity index (χ3v) is 22.9. The molecule has 0 radical (unpaired) electrons. The van der Waals surface area contributed by atoms with Crippen molar-refractivity contribution in [3.05, 3.63) is 46.5 Å². The van der Waals surface area contributed by atoms with E-state index in [4.69, 9.17) is 0 Å². The van der Waals surface area contributed by atoms with Crippen LogP contribution in [0.5, 0.6) is 0 Å². The maximum Gasteiger partial charge on any atom is 0.146 e. The summed E-state index contributed by atoms with van der Waals surface area (Å²) < 4.78 is 0. The van der Waals surface area contributed by atoms with Gasteiger partial charge in [-0.3, -0.25) is 0 Å². The zero-order chi connectivity index (χ0) is 32.6. The van der Waals surface area contributed by atoms with E-state index < -0.39 is 16.1 Å². The lowest BCUT2D eigenvalue weighted by atomic mass is 9.79. The van der Waals surface area contributed by atoms with Gasteiger partial charge in [0.25, 0.3) is 0 Å². The van der Waals surface area contributed by atoms with Crippen molar-refractivity contribution >= 4 is 26.9 Å². The quantitative estimate of drug-likeness (QED) is 0.228. The Labute approximate surface area is 264 Å². The molecule has 0 aliphatic heterocycles. The minimum atomic E-state index is -1.90. The first-order valence-corrected chi connectivity index (χ1v) is 21.2. The highest BCUT2D eigenvalue weighted by atomic mass is 28.3. The topological polar surface area (TPSA) is 0 Å². The van der Waals surface area contributed by atoms with Gasteiger partial charge in [-0.2, -0.15) is 0 Å². The predicted molar refractivity (Wildman–Crippen MR) is 197 cm³/mol. The van der Waals surface area contributed by atoms with E-state index in [0.717, 1.165) is 0 Å². The Morgan fingerprint density at radius 1 is 0.500 bits per heavy atom. The molecule has 2 aromatic carbocycles. The van der Waals surface area contributed by atoms with Gasteiger partial charge in [-0.05, 0) is 78.1 Å². The molecule has 0 spiro atoms. The van der Waals surface area contributed by atoms with E-state index in [1.165, 1.54) is 33.0 Å². The lowest BCUT2D eigenvalue weighted by Gasteiger charge is -2.38. The van der Waals surface area contributed by atoms with Crippen LogP contribution in [0.2, 0.25) is 33.2 Å². The number of hydrogen-bond acceptors (Lipinski definition) is 0. The van der Waals surface area contributed by atoms with Crippen LogP contribution in [-0.2, 0) is 10.8 Å². The SMILES string of the molecule is CC(C)[Si](C#Cc1cc(C(C)(C)C)c(C#C[Si](C(C)C)(C(C)C)C(C)C)c2ccc(C(C)(C)C)cc12)(C(C)C)C(C)C. The molecule has 0 heterocycles. The van der Waals surface area contributed by atoms with Gasteiger partial charge in [-0.15, -0.1) is 11.1 Å². The monoisotopic (exact) mass is 600 g/mol. The molecular formula is C40H64Si2. The molecular weight excluding hydrogens is 537 g/mol. The summed E-state index contributed by atoms with van der Waals surface area (Å²) in [5.74, 6) is 7.82. The highest BCUT2D eigenvalue weighted by molar-refractivity contribution is 6.91. The van der Waals surface area contributed by atoms with Crippen LogP contribution < -0.4 is 0 Å². The highest BCUT2D eigenvalue weighted by Gasteiger charge is 2.43. The zero-order valence-corrected chi connectivity index (χ0v) is 32.8. The van der Waals surface area contributed by atoms with E-state index >= 15 is 0 Å². The Morgan fingerprint density at radius 2 is 0.905 bits per heavy atom. The van der Waals surface area contributed by atoms with Gasteiger partial charge in [0.2, 0.25) is 0 Å². The van der Waals surface area contributed by atoms with Crippen molar-refractivity contribution in [3.63, 3.8) is 0 Å². The van der Waals surface area contributed by atoms with Crippen molar-refractivity contribution in [2.45, 2.75) is 169 Å². The maximum absolute atomic E-state index is 4.08. The molecule has 0 aromatic heterocycles. The second-order valence-electron chi connectivity index (χ2n) is 16.9. The molecule has 0 unspecified atom stereocenters. The van der Waals surface area contributed by atoms with Crippen LogP contribution in [0.3, 0.4) is 0 Å². The van der Waals surface area contributed by atoms with Crippen molar-refractivity contribution in [1.82, 2.24) is 0 Å². The molecule has 0 aliphatic carbocycles. The van der Waals surface area contributed by atoms with E-state index in [9.17, 15) is 0 Å². The zero-order valence-electron chi connectivity index (χ0n) is 30.8. The summed E-state index contributed by atoms with van der Waals surface area (Å²) in [7, 11) is -3.78. The standard InChI is InChI=1S/C40H64Si2/c1-27(2)41(28(3)4,29(5)6)23-21-33-25-38(40(16,17)18)36(22-24-42(30(7)8,31(9)10)32(11)12)35-20-19-34(26-37(33)35)39(13,14)15/h19-20,25-32H,1-18H3. The molecule has 0 bridgehead atoms. The Balaban J connectivity index is 3.19. The molecule has 2 rings (SSSR count). The van der Waals surface area contributed by atoms with E-state index in [2.05, 4.69) is 172 Å². The highest BCUT2D eigenvalue weighted by Crippen LogP contribution is 2.43. The Kier molecular flexibility index (Phi) is 11.4. The molecule has 0 saturated carbocycles. The average molecular weight is 601 g/mol. The average Bonchev–Trinajstić information content (AvgIpc) is 2.82. The summed E-state index contributed by atoms with van der Waals surface area (Å²) >= 11 is 0. The summed E-state index contributed by atoms with van der Waals surface area (Å²) in [6, 6.07) is 9.56. The molecule has 42 heavy (non-hydrogen) atoms. The van der Waals surface area contributed by atoms with Gasteiger partial charge in [-0.1, -0.05) is 149 Å². The van der Waals surface area contributed by atoms with Crippen LogP contribution in [0.4, 0.5) is 0 Å². The normalized spacial score (nSPS) is 13.4. The van der Waals surface area contributed by atoms with Crippen molar-refractivity contribution < 1.29 is 0 Å². The number of benzene rings is 2. The second-order valence-corrected chi connectivity index (χ2v) is 28.1. The smallest absolute Gasteiger partial charge is 0.125 e. The number of hydrogen-bond donors (Lipinski definition) is 0. The summed E-state index contributed by atoms with van der Waals surface area (Å²) in [6.07, 6.45) is 0. The first-order valence-electron chi connectivity index (χ1n) is 16.7. The minimum Gasteiger partial charge on any atom is -0.125 e. The molecule has 0 nitrogen and oxygen atoms in total. The summed E-state index contributed by atoms with van der Waals surface area (Å²) in [5, 5.41) is 2.55. The second kappa shape index (κ2) is 13.1. The van der Waals surface area contributed by atoms with E-state index in [-0.39, 0.29) is 10.8 Å². The minimum absolute atomic E-state index is 0.0439. The molecule has 0 atom stereocenters. The largest absolute Gasteiger partial charge is 0.146 e. The van der Waals surface area contributed by atoms with Gasteiger partial charge in [-0.25, -0.2) is 0 Å². The Hall–Kier alpha value is -1.75. The maximum atomic E-state index is 4.08. The van der Waals surface area contributed by atoms with Crippen molar-refractivity contribution in [2.75, 3.05) is 0 Å². The van der Waals surface area contributed by atoms with Crippen molar-refractivity contribution in [1.29, 1.82) is 0 Å². The van der Waals surface area contributed by atoms with Gasteiger partial charge in [0.05, 0.1) is 0 Å². The molecule has 0 N–H and O–H groups in total. The molecule has 0 fully saturated rings. The Bertz CT molecular complexity index is 1320. The molecule has 2 aromatic rings. The van der Waals surface area contributed by atoms with Gasteiger partial charge in [0, 0.05) is 11.1 Å². The molecule has 0 aliphatic rings. The van der Waals surface area contributed by atoms with Crippen molar-refractivity contribution in [3.8, 4) is 22.9 Å². The van der Waals surface area contributed by atoms with Crippen LogP contribution in [-0.4, -0.2) is 16.1 Å². The summed E-state index contributed by atoms with van der Waals surface area (Å²) in [4.78, 5) is 0. The van der Waals surface area contributed by atoms with Crippen LogP contribution >= 0.6 is 0 Å². The third kappa shape index (κ3) is 6.97. The first-order chi connectivity index (χ1) is 19.0. The summed E-state index contributed by atoms with van der Waals surface area (Å²) in [5.41, 5.74) is 16.9. The fourth-order valence-electron chi connectivity index (χ4n) is 7.93. The lowest BCUT2D eigenvalue weighted by molar-refractivity contribution is 0.588. The molecule has 232 valence electrons. The van der Waals surface area contributed by atoms with Gasteiger partial charge < -0.3 is 0 Å². The third-order valence-electron chi connectivity index (χ3n) is 10.4. The van der Waals surface area contributed by atoms with Gasteiger partial charge in [0.1, 0.15) is 16.1 Å². The Morgan fingerprint density at radius 3 is 1.26 bits per heavy atom. The van der Waals surface area contributed by atoms with Gasteiger partial charge in [0.15, 0.2) is 0 Å². The molecule has 2 heteroatoms. The van der Waals surface area contributed by atoms with E-state index in [1.807, 2.05) is 0 Å². The van der Waals surface area contributed by atoms with Crippen LogP contribution in [0, 0.1) is 22.9 Å². The van der Waals surface area contributed by atoms with Crippen molar-refractivity contribution in [2.24, 2.45) is 0 Å². The number of fused-ring (bicyclic) bond motifs is 1. The predicted octanol–water partition coefficient (Wildman–Crippen LogP) is 12.6. The molecule has 0 saturated heterocycles. The van der Waals surface area contributed by atoms with Gasteiger partial charge >= 0.3 is 0 Å². The van der Waals surface area contributed by atoms with Crippen LogP contribution in [0.1, 0.15) is 147 Å². The fourth-order valence-corrected chi connectivity index (χ4v) is 18.4.